The molecule has 0 fully saturated rings. The Balaban J connectivity index is 4.05. The quantitative estimate of drug-likeness (QED) is 0.491. The number of carbonyl (C=O) groups excluding carboxylic acids is 2. The van der Waals surface area contributed by atoms with Crippen molar-refractivity contribution in [2.75, 3.05) is 20.1 Å². The Hall–Kier alpha value is -1.71. The highest BCUT2D eigenvalue weighted by Crippen LogP contribution is 1.95. The van der Waals surface area contributed by atoms with Crippen molar-refractivity contribution >= 4 is 11.8 Å². The molecule has 0 atom stereocenters. The number of nitriles is 1. The molecule has 0 radical (unpaired) electrons. The molecule has 0 saturated carbocycles. The first-order valence-corrected chi connectivity index (χ1v) is 3.67. The average Bonchev–Trinajstić information content (AvgIpc) is 2.11. The van der Waals surface area contributed by atoms with Crippen LogP contribution in [0.1, 0.15) is 0 Å². The van der Waals surface area contributed by atoms with Crippen LogP contribution in [0, 0.1) is 11.3 Å². The Morgan fingerprint density at radius 3 is 2.57 bits per heavy atom. The number of nitrogens with zero attached hydrogens (tertiary/aromatic N) is 2. The molecule has 78 valence electrons. The highest BCUT2D eigenvalue weighted by atomic mass is 19.3. The van der Waals surface area contributed by atoms with E-state index in [-0.39, 0.29) is 6.54 Å². The van der Waals surface area contributed by atoms with Crippen molar-refractivity contribution in [3.63, 3.8) is 0 Å². The third-order valence-corrected chi connectivity index (χ3v) is 1.28. The average molecular weight is 205 g/mol. The molecule has 14 heavy (non-hydrogen) atoms. The third kappa shape index (κ3) is 4.35. The maximum Gasteiger partial charge on any atom is 0.311 e. The van der Waals surface area contributed by atoms with Gasteiger partial charge in [0, 0.05) is 7.05 Å². The highest BCUT2D eigenvalue weighted by Gasteiger charge is 2.20. The van der Waals surface area contributed by atoms with Crippen molar-refractivity contribution in [2.24, 2.45) is 0 Å². The van der Waals surface area contributed by atoms with Crippen molar-refractivity contribution in [2.45, 2.75) is 6.43 Å². The second-order valence-corrected chi connectivity index (χ2v) is 2.42. The van der Waals surface area contributed by atoms with Crippen molar-refractivity contribution in [1.82, 2.24) is 10.2 Å². The summed E-state index contributed by atoms with van der Waals surface area (Å²) in [6, 6.07) is 1.58. The number of halogens is 2. The minimum atomic E-state index is -2.69. The van der Waals surface area contributed by atoms with Gasteiger partial charge in [-0.05, 0) is 0 Å². The van der Waals surface area contributed by atoms with Crippen molar-refractivity contribution in [3.8, 4) is 6.07 Å². The fraction of sp³-hybridized carbons (Fsp3) is 0.571. The zero-order chi connectivity index (χ0) is 11.1. The minimum absolute atomic E-state index is 0.326. The zero-order valence-corrected chi connectivity index (χ0v) is 7.46. The molecule has 0 rings (SSSR count). The summed E-state index contributed by atoms with van der Waals surface area (Å²) < 4.78 is 23.6. The molecule has 7 heteroatoms. The SMILES string of the molecule is CN(CC(F)F)C(=O)C(=O)NCC#N. The zero-order valence-electron chi connectivity index (χ0n) is 7.46. The molecule has 0 aliphatic rings. The number of hydrogen-bond acceptors (Lipinski definition) is 3. The Morgan fingerprint density at radius 1 is 1.57 bits per heavy atom. The van der Waals surface area contributed by atoms with Gasteiger partial charge in [-0.25, -0.2) is 8.78 Å². The van der Waals surface area contributed by atoms with E-state index >= 15 is 0 Å². The van der Waals surface area contributed by atoms with Crippen LogP contribution in [0.15, 0.2) is 0 Å². The van der Waals surface area contributed by atoms with Crippen LogP contribution in [0.25, 0.3) is 0 Å². The number of carbonyl (C=O) groups is 2. The van der Waals surface area contributed by atoms with E-state index in [1.165, 1.54) is 0 Å². The monoisotopic (exact) mass is 205 g/mol. The van der Waals surface area contributed by atoms with Crippen LogP contribution < -0.4 is 5.32 Å². The number of nitrogens with one attached hydrogen (secondary N) is 1. The third-order valence-electron chi connectivity index (χ3n) is 1.28. The molecular weight excluding hydrogens is 196 g/mol. The van der Waals surface area contributed by atoms with Gasteiger partial charge in [0.05, 0.1) is 12.6 Å². The van der Waals surface area contributed by atoms with Gasteiger partial charge in [-0.3, -0.25) is 9.59 Å². The lowest BCUT2D eigenvalue weighted by Gasteiger charge is -2.14. The van der Waals surface area contributed by atoms with Crippen LogP contribution in [0.3, 0.4) is 0 Å². The molecule has 0 heterocycles. The van der Waals surface area contributed by atoms with E-state index in [4.69, 9.17) is 5.26 Å². The number of likely N-dealkylation sites (N-methyl/N-ethyl adjacent to an activating group) is 1. The summed E-state index contributed by atoms with van der Waals surface area (Å²) in [7, 11) is 1.08. The van der Waals surface area contributed by atoms with E-state index in [0.717, 1.165) is 7.05 Å². The van der Waals surface area contributed by atoms with Gasteiger partial charge < -0.3 is 10.2 Å². The molecule has 5 nitrogen and oxygen atoms in total. The van der Waals surface area contributed by atoms with Crippen LogP contribution in [0.2, 0.25) is 0 Å². The van der Waals surface area contributed by atoms with Crippen molar-refractivity contribution < 1.29 is 18.4 Å². The van der Waals surface area contributed by atoms with Gasteiger partial charge in [0.1, 0.15) is 6.54 Å². The summed E-state index contributed by atoms with van der Waals surface area (Å²) >= 11 is 0. The van der Waals surface area contributed by atoms with Crippen LogP contribution in [-0.2, 0) is 9.59 Å². The molecule has 2 amide bonds. The molecule has 0 aromatic rings. The molecule has 0 aliphatic carbocycles. The summed E-state index contributed by atoms with van der Waals surface area (Å²) in [5, 5.41) is 10.0. The van der Waals surface area contributed by atoms with E-state index in [9.17, 15) is 18.4 Å². The van der Waals surface area contributed by atoms with Crippen LogP contribution >= 0.6 is 0 Å². The standard InChI is InChI=1S/C7H9F2N3O2/c1-12(4-5(8)9)7(14)6(13)11-3-2-10/h5H,3-4H2,1H3,(H,11,13). The summed E-state index contributed by atoms with van der Waals surface area (Å²) in [4.78, 5) is 22.4. The molecule has 1 N–H and O–H groups in total. The van der Waals surface area contributed by atoms with Gasteiger partial charge >= 0.3 is 11.8 Å². The predicted octanol–water partition coefficient (Wildman–Crippen LogP) is -0.650. The Morgan fingerprint density at radius 2 is 2.14 bits per heavy atom. The number of amides is 2. The second kappa shape index (κ2) is 5.85. The number of rotatable bonds is 3. The van der Waals surface area contributed by atoms with Gasteiger partial charge in [0.25, 0.3) is 6.43 Å². The molecule has 0 aliphatic heterocycles. The molecule has 0 unspecified atom stereocenters. The fourth-order valence-electron chi connectivity index (χ4n) is 0.659. The summed E-state index contributed by atoms with van der Waals surface area (Å²) in [6.07, 6.45) is -2.69. The van der Waals surface area contributed by atoms with Crippen LogP contribution in [0.5, 0.6) is 0 Å². The van der Waals surface area contributed by atoms with Gasteiger partial charge in [-0.15, -0.1) is 0 Å². The highest BCUT2D eigenvalue weighted by molar-refractivity contribution is 6.34. The molecular formula is C7H9F2N3O2. The van der Waals surface area contributed by atoms with E-state index in [1.54, 1.807) is 6.07 Å². The fourth-order valence-corrected chi connectivity index (χ4v) is 0.659. The Bertz CT molecular complexity index is 262. The maximum absolute atomic E-state index is 11.8. The first-order chi connectivity index (χ1) is 6.49. The van der Waals surface area contributed by atoms with Crippen LogP contribution in [0.4, 0.5) is 8.78 Å². The molecule has 0 bridgehead atoms. The maximum atomic E-state index is 11.8. The summed E-state index contributed by atoms with van der Waals surface area (Å²) in [5.41, 5.74) is 0. The van der Waals surface area contributed by atoms with E-state index in [1.807, 2.05) is 5.32 Å². The summed E-state index contributed by atoms with van der Waals surface area (Å²) in [5.74, 6) is -2.14. The lowest BCUT2D eigenvalue weighted by Crippen LogP contribution is -2.42. The molecule has 0 saturated heterocycles. The van der Waals surface area contributed by atoms with Gasteiger partial charge in [0.2, 0.25) is 0 Å². The molecule has 0 aromatic heterocycles. The Kier molecular flexibility index (Phi) is 5.14. The topological polar surface area (TPSA) is 73.2 Å². The largest absolute Gasteiger partial charge is 0.335 e. The lowest BCUT2D eigenvalue weighted by atomic mass is 10.4. The number of hydrogen-bond donors (Lipinski definition) is 1. The van der Waals surface area contributed by atoms with Crippen molar-refractivity contribution in [3.05, 3.63) is 0 Å². The lowest BCUT2D eigenvalue weighted by molar-refractivity contribution is -0.145. The van der Waals surface area contributed by atoms with Gasteiger partial charge in [-0.2, -0.15) is 5.26 Å². The molecule has 0 aromatic carbocycles. The normalized spacial score (nSPS) is 9.36. The van der Waals surface area contributed by atoms with E-state index in [2.05, 4.69) is 0 Å². The smallest absolute Gasteiger partial charge is 0.311 e. The van der Waals surface area contributed by atoms with Crippen molar-refractivity contribution in [1.29, 1.82) is 5.26 Å². The first kappa shape index (κ1) is 12.3. The summed E-state index contributed by atoms with van der Waals surface area (Å²) in [6.45, 7) is -1.13. The second-order valence-electron chi connectivity index (χ2n) is 2.42. The Labute approximate surface area is 79.3 Å². The van der Waals surface area contributed by atoms with Gasteiger partial charge in [-0.1, -0.05) is 0 Å². The first-order valence-electron chi connectivity index (χ1n) is 3.67. The van der Waals surface area contributed by atoms with Gasteiger partial charge in [0.15, 0.2) is 0 Å². The predicted molar refractivity (Wildman–Crippen MR) is 42.3 cm³/mol. The molecule has 0 spiro atoms. The number of alkyl halides is 2. The minimum Gasteiger partial charge on any atom is -0.335 e. The van der Waals surface area contributed by atoms with E-state index < -0.39 is 24.8 Å². The van der Waals surface area contributed by atoms with E-state index in [0.29, 0.717) is 4.90 Å². The van der Waals surface area contributed by atoms with Crippen LogP contribution in [-0.4, -0.2) is 43.3 Å².